The quantitative estimate of drug-likeness (QED) is 0.578. The van der Waals surface area contributed by atoms with Crippen LogP contribution in [0.2, 0.25) is 0 Å². The molecule has 0 unspecified atom stereocenters. The van der Waals surface area contributed by atoms with Crippen molar-refractivity contribution in [1.82, 2.24) is 4.90 Å². The van der Waals surface area contributed by atoms with Gasteiger partial charge >= 0.3 is 17.9 Å². The largest absolute Gasteiger partial charge is 0.480 e. The molecule has 1 N–H and O–H groups in total. The molecule has 0 aromatic rings. The van der Waals surface area contributed by atoms with E-state index in [1.165, 1.54) is 0 Å². The minimum Gasteiger partial charge on any atom is -0.480 e. The van der Waals surface area contributed by atoms with E-state index in [2.05, 4.69) is 9.47 Å². The van der Waals surface area contributed by atoms with E-state index in [-0.39, 0.29) is 26.3 Å². The maximum atomic E-state index is 11.2. The lowest BCUT2D eigenvalue weighted by atomic mass is 10.4. The summed E-state index contributed by atoms with van der Waals surface area (Å²) >= 11 is 0. The molecule has 0 aromatic carbocycles. The highest BCUT2D eigenvalue weighted by Crippen LogP contribution is 1.93. The van der Waals surface area contributed by atoms with E-state index in [1.54, 1.807) is 13.8 Å². The van der Waals surface area contributed by atoms with E-state index in [1.807, 2.05) is 0 Å². The van der Waals surface area contributed by atoms with Gasteiger partial charge in [0.15, 0.2) is 0 Å². The second-order valence-corrected chi connectivity index (χ2v) is 3.15. The lowest BCUT2D eigenvalue weighted by Crippen LogP contribution is -2.39. The number of aliphatic carboxylic acids is 1. The molecule has 0 aliphatic rings. The number of ether oxygens (including phenoxy) is 2. The van der Waals surface area contributed by atoms with Gasteiger partial charge in [0.2, 0.25) is 0 Å². The van der Waals surface area contributed by atoms with Crippen molar-refractivity contribution in [2.75, 3.05) is 32.8 Å². The van der Waals surface area contributed by atoms with Crippen LogP contribution in [-0.4, -0.2) is 60.8 Å². The van der Waals surface area contributed by atoms with Crippen molar-refractivity contribution in [2.45, 2.75) is 13.8 Å². The first kappa shape index (κ1) is 15.4. The second kappa shape index (κ2) is 8.51. The summed E-state index contributed by atoms with van der Waals surface area (Å²) in [5.41, 5.74) is 0. The van der Waals surface area contributed by atoms with E-state index in [0.29, 0.717) is 0 Å². The van der Waals surface area contributed by atoms with Crippen molar-refractivity contribution in [3.63, 3.8) is 0 Å². The third kappa shape index (κ3) is 8.21. The highest BCUT2D eigenvalue weighted by atomic mass is 16.5. The maximum Gasteiger partial charge on any atom is 0.320 e. The zero-order valence-electron chi connectivity index (χ0n) is 9.97. The molecule has 0 heterocycles. The van der Waals surface area contributed by atoms with Gasteiger partial charge in [0.1, 0.15) is 0 Å². The van der Waals surface area contributed by atoms with E-state index in [9.17, 15) is 14.4 Å². The van der Waals surface area contributed by atoms with Crippen LogP contribution in [0.4, 0.5) is 0 Å². The molecule has 0 aliphatic carbocycles. The van der Waals surface area contributed by atoms with Crippen LogP contribution < -0.4 is 0 Å². The lowest BCUT2D eigenvalue weighted by molar-refractivity contribution is -0.149. The Morgan fingerprint density at radius 3 is 1.65 bits per heavy atom. The van der Waals surface area contributed by atoms with Crippen LogP contribution in [0.25, 0.3) is 0 Å². The Hall–Kier alpha value is -1.63. The summed E-state index contributed by atoms with van der Waals surface area (Å²) in [6.45, 7) is 2.78. The van der Waals surface area contributed by atoms with Gasteiger partial charge < -0.3 is 14.6 Å². The third-order valence-corrected chi connectivity index (χ3v) is 1.67. The monoisotopic (exact) mass is 247 g/mol. The van der Waals surface area contributed by atoms with E-state index >= 15 is 0 Å². The summed E-state index contributed by atoms with van der Waals surface area (Å²) in [6.07, 6.45) is 0. The van der Waals surface area contributed by atoms with Gasteiger partial charge in [-0.25, -0.2) is 0 Å². The number of carboxylic acids is 1. The average Bonchev–Trinajstić information content (AvgIpc) is 2.16. The molecule has 0 spiro atoms. The number of carbonyl (C=O) groups excluding carboxylic acids is 2. The standard InChI is InChI=1S/C10H17NO6/c1-3-16-9(14)6-11(5-8(12)13)7-10(15)17-4-2/h3-7H2,1-2H3,(H,12,13). The van der Waals surface area contributed by atoms with Crippen LogP contribution in [0, 0.1) is 0 Å². The van der Waals surface area contributed by atoms with Crippen molar-refractivity contribution < 1.29 is 29.0 Å². The summed E-state index contributed by atoms with van der Waals surface area (Å²) in [5, 5.41) is 8.62. The van der Waals surface area contributed by atoms with Crippen molar-refractivity contribution >= 4 is 17.9 Å². The Morgan fingerprint density at radius 1 is 0.941 bits per heavy atom. The Balaban J connectivity index is 4.27. The molecule has 0 saturated carbocycles. The van der Waals surface area contributed by atoms with Gasteiger partial charge in [0, 0.05) is 0 Å². The highest BCUT2D eigenvalue weighted by molar-refractivity contribution is 5.77. The first-order chi connectivity index (χ1) is 7.99. The molecule has 7 nitrogen and oxygen atoms in total. The predicted molar refractivity (Wildman–Crippen MR) is 57.3 cm³/mol. The minimum absolute atomic E-state index is 0.207. The van der Waals surface area contributed by atoms with Crippen molar-refractivity contribution in [3.8, 4) is 0 Å². The Labute approximate surface area is 99.3 Å². The van der Waals surface area contributed by atoms with Gasteiger partial charge in [-0.05, 0) is 13.8 Å². The number of esters is 2. The molecular weight excluding hydrogens is 230 g/mol. The number of hydrogen-bond donors (Lipinski definition) is 1. The number of nitrogens with zero attached hydrogens (tertiary/aromatic N) is 1. The van der Waals surface area contributed by atoms with Gasteiger partial charge in [-0.1, -0.05) is 0 Å². The Morgan fingerprint density at radius 2 is 1.35 bits per heavy atom. The number of carboxylic acid groups (broad SMARTS) is 1. The zero-order valence-corrected chi connectivity index (χ0v) is 9.97. The summed E-state index contributed by atoms with van der Waals surface area (Å²) in [7, 11) is 0. The fraction of sp³-hybridized carbons (Fsp3) is 0.700. The molecule has 0 aliphatic heterocycles. The van der Waals surface area contributed by atoms with Gasteiger partial charge in [-0.15, -0.1) is 0 Å². The molecule has 0 radical (unpaired) electrons. The van der Waals surface area contributed by atoms with Crippen molar-refractivity contribution in [1.29, 1.82) is 0 Å². The van der Waals surface area contributed by atoms with Crippen LogP contribution in [0.3, 0.4) is 0 Å². The van der Waals surface area contributed by atoms with Crippen LogP contribution in [0.1, 0.15) is 13.8 Å². The fourth-order valence-corrected chi connectivity index (χ4v) is 1.14. The van der Waals surface area contributed by atoms with E-state index in [0.717, 1.165) is 4.90 Å². The van der Waals surface area contributed by atoms with Crippen LogP contribution in [0.5, 0.6) is 0 Å². The molecule has 98 valence electrons. The third-order valence-electron chi connectivity index (χ3n) is 1.67. The van der Waals surface area contributed by atoms with Gasteiger partial charge in [-0.2, -0.15) is 0 Å². The molecule has 0 fully saturated rings. The number of carbonyl (C=O) groups is 3. The molecule has 0 aromatic heterocycles. The molecular formula is C10H17NO6. The van der Waals surface area contributed by atoms with Gasteiger partial charge in [0.05, 0.1) is 32.8 Å². The molecule has 0 amide bonds. The second-order valence-electron chi connectivity index (χ2n) is 3.15. The zero-order chi connectivity index (χ0) is 13.3. The molecule has 7 heteroatoms. The van der Waals surface area contributed by atoms with Crippen LogP contribution in [-0.2, 0) is 23.9 Å². The summed E-state index contributed by atoms with van der Waals surface area (Å²) in [5.74, 6) is -2.27. The topological polar surface area (TPSA) is 93.1 Å². The summed E-state index contributed by atoms with van der Waals surface area (Å²) in [4.78, 5) is 34.0. The summed E-state index contributed by atoms with van der Waals surface area (Å²) < 4.78 is 9.34. The predicted octanol–water partition coefficient (Wildman–Crippen LogP) is -0.501. The SMILES string of the molecule is CCOC(=O)CN(CC(=O)O)CC(=O)OCC. The molecule has 17 heavy (non-hydrogen) atoms. The Bertz CT molecular complexity index is 258. The van der Waals surface area contributed by atoms with E-state index in [4.69, 9.17) is 5.11 Å². The molecule has 0 saturated heterocycles. The van der Waals surface area contributed by atoms with Gasteiger partial charge in [-0.3, -0.25) is 19.3 Å². The number of hydrogen-bond acceptors (Lipinski definition) is 6. The Kier molecular flexibility index (Phi) is 7.70. The smallest absolute Gasteiger partial charge is 0.320 e. The molecule has 0 rings (SSSR count). The highest BCUT2D eigenvalue weighted by Gasteiger charge is 2.18. The van der Waals surface area contributed by atoms with E-state index < -0.39 is 24.5 Å². The van der Waals surface area contributed by atoms with Gasteiger partial charge in [0.25, 0.3) is 0 Å². The summed E-state index contributed by atoms with van der Waals surface area (Å²) in [6, 6.07) is 0. The van der Waals surface area contributed by atoms with Crippen molar-refractivity contribution in [3.05, 3.63) is 0 Å². The minimum atomic E-state index is -1.13. The molecule has 0 bridgehead atoms. The fourth-order valence-electron chi connectivity index (χ4n) is 1.14. The maximum absolute atomic E-state index is 11.2. The van der Waals surface area contributed by atoms with Crippen LogP contribution in [0.15, 0.2) is 0 Å². The molecule has 0 atom stereocenters. The average molecular weight is 247 g/mol. The first-order valence-corrected chi connectivity index (χ1v) is 5.25. The number of rotatable bonds is 8. The first-order valence-electron chi connectivity index (χ1n) is 5.25. The normalized spacial score (nSPS) is 10.1. The van der Waals surface area contributed by atoms with Crippen molar-refractivity contribution in [2.24, 2.45) is 0 Å². The lowest BCUT2D eigenvalue weighted by Gasteiger charge is -2.17. The van der Waals surface area contributed by atoms with Crippen LogP contribution >= 0.6 is 0 Å².